The number of hydrazine groups is 1. The summed E-state index contributed by atoms with van der Waals surface area (Å²) in [6.07, 6.45) is 3.39. The molecule has 65 heavy (non-hydrogen) atoms. The zero-order valence-electron chi connectivity index (χ0n) is 39.3. The molecule has 6 bridgehead atoms. The number of hydrogen-bond acceptors (Lipinski definition) is 8. The number of aromatic nitrogens is 1. The molecule has 2 N–H and O–H groups in total. The Kier molecular flexibility index (Phi) is 14.3. The fourth-order valence-electron chi connectivity index (χ4n) is 10.0. The van der Waals surface area contributed by atoms with Crippen molar-refractivity contribution in [2.45, 2.75) is 104 Å². The van der Waals surface area contributed by atoms with Crippen LogP contribution in [0.1, 0.15) is 83.6 Å². The van der Waals surface area contributed by atoms with Crippen LogP contribution >= 0.6 is 0 Å². The highest BCUT2D eigenvalue weighted by atomic mass is 16.5. The van der Waals surface area contributed by atoms with Crippen LogP contribution in [0.4, 0.5) is 0 Å². The number of hydrogen-bond donors (Lipinski definition) is 2. The highest BCUT2D eigenvalue weighted by Crippen LogP contribution is 2.42. The van der Waals surface area contributed by atoms with Gasteiger partial charge in [0.1, 0.15) is 18.1 Å². The standard InChI is InChI=1S/C52H66N6O7/c1-10-45(59)56-25-23-37(30-56)49(61)55(8)46(32(3)4)48(60)53-43-27-34-16-14-17-35(26-34)36-21-22-44-40(28-36)41(47(57(44)11-2)39-19-13-12-18-38(39)33(5)64-9)29-52(6,7)31-65-51(63)42-20-15-24-58(54-42)50(43)62/h10,12-14,16-19,21-22,26,28,32-33,37,42-43,46,54H,1,11,15,20,23-25,27,29-31H2,2-9H3,(H,53,60)/t33-,37-,42-,43-,46?/m0/s1. The molecule has 4 amide bonds. The maximum atomic E-state index is 14.7. The van der Waals surface area contributed by atoms with Gasteiger partial charge in [0.15, 0.2) is 0 Å². The molecule has 0 radical (unpaired) electrons. The number of amides is 4. The molecule has 3 aliphatic heterocycles. The van der Waals surface area contributed by atoms with Crippen LogP contribution in [0.25, 0.3) is 33.3 Å². The van der Waals surface area contributed by atoms with Crippen molar-refractivity contribution >= 4 is 40.5 Å². The minimum absolute atomic E-state index is 0.144. The molecule has 2 saturated heterocycles. The number of nitrogens with one attached hydrogen (secondary N) is 2. The number of cyclic esters (lactones) is 1. The molecule has 3 aromatic carbocycles. The number of rotatable bonds is 10. The van der Waals surface area contributed by atoms with Crippen LogP contribution in [0.15, 0.2) is 79.4 Å². The van der Waals surface area contributed by atoms with Gasteiger partial charge < -0.3 is 29.2 Å². The van der Waals surface area contributed by atoms with Crippen LogP contribution in [0.2, 0.25) is 0 Å². The van der Waals surface area contributed by atoms with Crippen LogP contribution in [0, 0.1) is 17.3 Å². The molecule has 4 heterocycles. The van der Waals surface area contributed by atoms with Gasteiger partial charge in [-0.1, -0.05) is 88.9 Å². The number of likely N-dealkylation sites (tertiary alicyclic amines) is 1. The Hall–Kier alpha value is -5.79. The van der Waals surface area contributed by atoms with Crippen molar-refractivity contribution in [3.8, 4) is 22.4 Å². The van der Waals surface area contributed by atoms with E-state index in [1.165, 1.54) is 16.0 Å². The topological polar surface area (TPSA) is 143 Å². The second-order valence-electron chi connectivity index (χ2n) is 19.1. The van der Waals surface area contributed by atoms with Crippen molar-refractivity contribution < 1.29 is 33.4 Å². The van der Waals surface area contributed by atoms with E-state index in [2.05, 4.69) is 98.1 Å². The Balaban J connectivity index is 1.29. The van der Waals surface area contributed by atoms with Crippen LogP contribution in [-0.2, 0) is 52.8 Å². The summed E-state index contributed by atoms with van der Waals surface area (Å²) in [4.78, 5) is 72.4. The van der Waals surface area contributed by atoms with E-state index in [9.17, 15) is 24.0 Å². The Labute approximate surface area is 383 Å². The molecule has 0 aliphatic carbocycles. The van der Waals surface area contributed by atoms with Gasteiger partial charge in [-0.05, 0) is 91.5 Å². The Morgan fingerprint density at radius 2 is 1.77 bits per heavy atom. The second kappa shape index (κ2) is 19.8. The minimum atomic E-state index is -1.04. The average Bonchev–Trinajstić information content (AvgIpc) is 3.92. The number of benzene rings is 3. The number of aryl methyl sites for hydroxylation is 1. The molecule has 4 aromatic rings. The summed E-state index contributed by atoms with van der Waals surface area (Å²) in [5, 5.41) is 5.61. The molecule has 2 fully saturated rings. The molecule has 5 atom stereocenters. The number of methoxy groups -OCH3 is 1. The molecule has 7 rings (SSSR count). The van der Waals surface area contributed by atoms with E-state index in [1.54, 1.807) is 19.1 Å². The summed E-state index contributed by atoms with van der Waals surface area (Å²) in [5.41, 5.74) is 11.0. The summed E-state index contributed by atoms with van der Waals surface area (Å²) in [6.45, 7) is 17.7. The third-order valence-electron chi connectivity index (χ3n) is 13.5. The largest absolute Gasteiger partial charge is 0.464 e. The lowest BCUT2D eigenvalue weighted by Gasteiger charge is -2.37. The number of likely N-dealkylation sites (N-methyl/N-ethyl adjacent to an activating group) is 1. The van der Waals surface area contributed by atoms with Gasteiger partial charge in [-0.2, -0.15) is 0 Å². The van der Waals surface area contributed by atoms with E-state index < -0.39 is 47.2 Å². The predicted octanol–water partition coefficient (Wildman–Crippen LogP) is 6.87. The maximum Gasteiger partial charge on any atom is 0.324 e. The molecule has 1 unspecified atom stereocenters. The van der Waals surface area contributed by atoms with Crippen LogP contribution < -0.4 is 10.7 Å². The molecule has 13 heteroatoms. The van der Waals surface area contributed by atoms with Crippen molar-refractivity contribution in [1.29, 1.82) is 0 Å². The quantitative estimate of drug-likeness (QED) is 0.130. The van der Waals surface area contributed by atoms with Gasteiger partial charge in [-0.3, -0.25) is 29.0 Å². The SMILES string of the molecule is C=CC(=O)N1CC[C@H](C(=O)N(C)C(C(=O)N[C@H]2Cc3cccc(c3)-c3ccc4c(c3)c(c(-c3ccccc3[C@H](C)OC)n4CC)CC(C)(C)COC(=O)[C@@H]3CCCN(N3)C2=O)C(C)C)C1. The number of nitrogens with zero attached hydrogens (tertiary/aromatic N) is 4. The van der Waals surface area contributed by atoms with Gasteiger partial charge >= 0.3 is 5.97 Å². The van der Waals surface area contributed by atoms with Gasteiger partial charge in [0.2, 0.25) is 17.7 Å². The van der Waals surface area contributed by atoms with Crippen molar-refractivity contribution in [3.63, 3.8) is 0 Å². The predicted molar refractivity (Wildman–Crippen MR) is 252 cm³/mol. The van der Waals surface area contributed by atoms with Gasteiger partial charge in [0.25, 0.3) is 5.91 Å². The first kappa shape index (κ1) is 47.2. The Morgan fingerprint density at radius 1 is 1.02 bits per heavy atom. The number of esters is 1. The molecule has 0 saturated carbocycles. The first-order chi connectivity index (χ1) is 31.0. The normalized spacial score (nSPS) is 21.1. The number of carbonyl (C=O) groups excluding carboxylic acids is 5. The first-order valence-electron chi connectivity index (χ1n) is 23.1. The lowest BCUT2D eigenvalue weighted by molar-refractivity contribution is -0.155. The van der Waals surface area contributed by atoms with Gasteiger partial charge in [0, 0.05) is 68.6 Å². The zero-order valence-corrected chi connectivity index (χ0v) is 39.3. The van der Waals surface area contributed by atoms with Gasteiger partial charge in [-0.25, -0.2) is 5.43 Å². The van der Waals surface area contributed by atoms with Gasteiger partial charge in [0.05, 0.1) is 24.3 Å². The molecular weight excluding hydrogens is 821 g/mol. The molecule has 346 valence electrons. The molecule has 13 nitrogen and oxygen atoms in total. The fourth-order valence-corrected chi connectivity index (χ4v) is 10.0. The third-order valence-corrected chi connectivity index (χ3v) is 13.5. The van der Waals surface area contributed by atoms with E-state index in [4.69, 9.17) is 9.47 Å². The van der Waals surface area contributed by atoms with E-state index in [1.807, 2.05) is 32.0 Å². The first-order valence-corrected chi connectivity index (χ1v) is 23.1. The Morgan fingerprint density at radius 3 is 2.49 bits per heavy atom. The van der Waals surface area contributed by atoms with E-state index in [0.717, 1.165) is 56.5 Å². The van der Waals surface area contributed by atoms with Gasteiger partial charge in [-0.15, -0.1) is 0 Å². The molecule has 1 aromatic heterocycles. The van der Waals surface area contributed by atoms with Crippen LogP contribution in [0.3, 0.4) is 0 Å². The molecule has 0 spiro atoms. The highest BCUT2D eigenvalue weighted by molar-refractivity contribution is 5.96. The van der Waals surface area contributed by atoms with Crippen molar-refractivity contribution in [1.82, 2.24) is 30.1 Å². The fraction of sp³-hybridized carbons (Fsp3) is 0.481. The van der Waals surface area contributed by atoms with E-state index in [-0.39, 0.29) is 43.4 Å². The minimum Gasteiger partial charge on any atom is -0.464 e. The van der Waals surface area contributed by atoms with Crippen LogP contribution in [0.5, 0.6) is 0 Å². The monoisotopic (exact) mass is 886 g/mol. The maximum absolute atomic E-state index is 14.7. The average molecular weight is 887 g/mol. The van der Waals surface area contributed by atoms with Crippen LogP contribution in [-0.4, -0.2) is 107 Å². The summed E-state index contributed by atoms with van der Waals surface area (Å²) >= 11 is 0. The zero-order chi connectivity index (χ0) is 46.7. The Bertz CT molecular complexity index is 2460. The lowest BCUT2D eigenvalue weighted by Crippen LogP contribution is -2.62. The van der Waals surface area contributed by atoms with Crippen molar-refractivity contribution in [3.05, 3.63) is 96.1 Å². The second-order valence-corrected chi connectivity index (χ2v) is 19.1. The summed E-state index contributed by atoms with van der Waals surface area (Å²) in [7, 11) is 3.34. The van der Waals surface area contributed by atoms with E-state index >= 15 is 0 Å². The van der Waals surface area contributed by atoms with E-state index in [0.29, 0.717) is 38.8 Å². The number of carbonyl (C=O) groups is 5. The lowest BCUT2D eigenvalue weighted by atomic mass is 9.83. The summed E-state index contributed by atoms with van der Waals surface area (Å²) < 4.78 is 14.4. The molecular formula is C52H66N6O7. The smallest absolute Gasteiger partial charge is 0.324 e. The highest BCUT2D eigenvalue weighted by Gasteiger charge is 2.40. The molecule has 3 aliphatic rings. The van der Waals surface area contributed by atoms with Crippen molar-refractivity contribution in [2.24, 2.45) is 17.3 Å². The number of fused-ring (bicyclic) bond motifs is 6. The summed E-state index contributed by atoms with van der Waals surface area (Å²) in [5.74, 6) is -2.53. The third kappa shape index (κ3) is 9.91. The number of ether oxygens (including phenoxy) is 2. The van der Waals surface area contributed by atoms with Crippen molar-refractivity contribution in [2.75, 3.05) is 40.4 Å². The summed E-state index contributed by atoms with van der Waals surface area (Å²) in [6, 6.07) is 20.3.